The van der Waals surface area contributed by atoms with Gasteiger partial charge in [-0.3, -0.25) is 4.68 Å². The Kier molecular flexibility index (Phi) is 5.00. The lowest BCUT2D eigenvalue weighted by Crippen LogP contribution is -2.19. The summed E-state index contributed by atoms with van der Waals surface area (Å²) in [5.41, 5.74) is 8.01. The summed E-state index contributed by atoms with van der Waals surface area (Å²) in [6, 6.07) is 7.25. The molecule has 0 aliphatic rings. The van der Waals surface area contributed by atoms with Gasteiger partial charge in [0.2, 0.25) is 0 Å². The van der Waals surface area contributed by atoms with E-state index in [1.54, 1.807) is 25.1 Å². The van der Waals surface area contributed by atoms with Gasteiger partial charge in [0.1, 0.15) is 5.75 Å². The normalized spacial score (nSPS) is 12.4. The van der Waals surface area contributed by atoms with E-state index in [1.807, 2.05) is 24.3 Å². The van der Waals surface area contributed by atoms with Crippen LogP contribution in [0.25, 0.3) is 0 Å². The minimum absolute atomic E-state index is 0.364. The third-order valence-corrected chi connectivity index (χ3v) is 3.38. The molecule has 5 nitrogen and oxygen atoms in total. The van der Waals surface area contributed by atoms with Crippen molar-refractivity contribution in [3.05, 3.63) is 46.7 Å². The molecule has 0 amide bonds. The zero-order valence-corrected chi connectivity index (χ0v) is 12.3. The predicted octanol–water partition coefficient (Wildman–Crippen LogP) is 2.24. The van der Waals surface area contributed by atoms with E-state index in [9.17, 15) is 0 Å². The average Bonchev–Trinajstić information content (AvgIpc) is 2.85. The molecule has 20 heavy (non-hydrogen) atoms. The quantitative estimate of drug-likeness (QED) is 0.888. The van der Waals surface area contributed by atoms with Gasteiger partial charge in [0.15, 0.2) is 0 Å². The average molecular weight is 296 g/mol. The van der Waals surface area contributed by atoms with E-state index in [-0.39, 0.29) is 6.04 Å². The predicted molar refractivity (Wildman–Crippen MR) is 78.1 cm³/mol. The van der Waals surface area contributed by atoms with Crippen molar-refractivity contribution in [1.82, 2.24) is 9.78 Å². The molecule has 0 bridgehead atoms. The van der Waals surface area contributed by atoms with Crippen molar-refractivity contribution in [3.63, 3.8) is 0 Å². The van der Waals surface area contributed by atoms with Gasteiger partial charge in [0, 0.05) is 7.11 Å². The van der Waals surface area contributed by atoms with Crippen molar-refractivity contribution in [2.75, 3.05) is 20.8 Å². The topological polar surface area (TPSA) is 62.3 Å². The van der Waals surface area contributed by atoms with Crippen LogP contribution in [0.5, 0.6) is 5.75 Å². The first-order valence-corrected chi connectivity index (χ1v) is 6.65. The molecule has 2 N–H and O–H groups in total. The number of nitrogens with zero attached hydrogens (tertiary/aromatic N) is 2. The maximum atomic E-state index is 6.32. The Hall–Kier alpha value is -1.56. The first-order valence-electron chi connectivity index (χ1n) is 6.27. The van der Waals surface area contributed by atoms with E-state index in [0.29, 0.717) is 18.2 Å². The standard InChI is InChI=1S/C14H18ClN3O2/c1-19-7-6-18-14(12(15)9-17-18)13(16)10-4-3-5-11(8-10)20-2/h3-5,8-9,13H,6-7,16H2,1-2H3. The van der Waals surface area contributed by atoms with Gasteiger partial charge in [-0.25, -0.2) is 0 Å². The number of rotatable bonds is 6. The summed E-state index contributed by atoms with van der Waals surface area (Å²) < 4.78 is 12.1. The molecule has 0 saturated carbocycles. The summed E-state index contributed by atoms with van der Waals surface area (Å²) in [5, 5.41) is 4.79. The molecule has 0 spiro atoms. The molecule has 0 aliphatic carbocycles. The van der Waals surface area contributed by atoms with E-state index >= 15 is 0 Å². The summed E-state index contributed by atoms with van der Waals surface area (Å²) >= 11 is 6.21. The van der Waals surface area contributed by atoms with Gasteiger partial charge in [0.05, 0.1) is 43.2 Å². The van der Waals surface area contributed by atoms with Gasteiger partial charge in [-0.1, -0.05) is 23.7 Å². The third kappa shape index (κ3) is 3.12. The number of methoxy groups -OCH3 is 2. The summed E-state index contributed by atoms with van der Waals surface area (Å²) in [6.07, 6.45) is 1.60. The highest BCUT2D eigenvalue weighted by atomic mass is 35.5. The lowest BCUT2D eigenvalue weighted by Gasteiger charge is -2.16. The number of hydrogen-bond donors (Lipinski definition) is 1. The Bertz CT molecular complexity index is 571. The number of halogens is 1. The molecule has 0 saturated heterocycles. The Morgan fingerprint density at radius 1 is 1.40 bits per heavy atom. The van der Waals surface area contributed by atoms with E-state index in [4.69, 9.17) is 26.8 Å². The van der Waals surface area contributed by atoms with Gasteiger partial charge < -0.3 is 15.2 Å². The number of nitrogens with two attached hydrogens (primary N) is 1. The number of hydrogen-bond acceptors (Lipinski definition) is 4. The van der Waals surface area contributed by atoms with Crippen LogP contribution < -0.4 is 10.5 Å². The fourth-order valence-corrected chi connectivity index (χ4v) is 2.29. The van der Waals surface area contributed by atoms with Crippen LogP contribution in [0.15, 0.2) is 30.5 Å². The monoisotopic (exact) mass is 295 g/mol. The van der Waals surface area contributed by atoms with Crippen molar-refractivity contribution in [1.29, 1.82) is 0 Å². The van der Waals surface area contributed by atoms with Gasteiger partial charge in [-0.2, -0.15) is 5.10 Å². The fourth-order valence-electron chi connectivity index (χ4n) is 2.03. The Morgan fingerprint density at radius 3 is 2.90 bits per heavy atom. The van der Waals surface area contributed by atoms with Gasteiger partial charge in [-0.05, 0) is 17.7 Å². The molecule has 2 rings (SSSR count). The molecule has 2 aromatic rings. The van der Waals surface area contributed by atoms with Crippen molar-refractivity contribution < 1.29 is 9.47 Å². The summed E-state index contributed by atoms with van der Waals surface area (Å²) in [7, 11) is 3.27. The van der Waals surface area contributed by atoms with Crippen molar-refractivity contribution in [2.45, 2.75) is 12.6 Å². The van der Waals surface area contributed by atoms with Crippen LogP contribution in [0.1, 0.15) is 17.3 Å². The lowest BCUT2D eigenvalue weighted by atomic mass is 10.0. The fraction of sp³-hybridized carbons (Fsp3) is 0.357. The maximum Gasteiger partial charge on any atom is 0.119 e. The van der Waals surface area contributed by atoms with Crippen LogP contribution in [0.3, 0.4) is 0 Å². The Morgan fingerprint density at radius 2 is 2.20 bits per heavy atom. The maximum absolute atomic E-state index is 6.32. The van der Waals surface area contributed by atoms with Crippen LogP contribution in [-0.2, 0) is 11.3 Å². The van der Waals surface area contributed by atoms with E-state index in [1.165, 1.54) is 0 Å². The molecule has 0 fully saturated rings. The molecule has 1 aromatic heterocycles. The number of aromatic nitrogens is 2. The molecule has 6 heteroatoms. The van der Waals surface area contributed by atoms with Crippen LogP contribution in [0, 0.1) is 0 Å². The van der Waals surface area contributed by atoms with Crippen LogP contribution in [-0.4, -0.2) is 30.6 Å². The van der Waals surface area contributed by atoms with Gasteiger partial charge in [0.25, 0.3) is 0 Å². The van der Waals surface area contributed by atoms with Crippen LogP contribution in [0.2, 0.25) is 5.02 Å². The largest absolute Gasteiger partial charge is 0.497 e. The molecule has 1 unspecified atom stereocenters. The number of benzene rings is 1. The third-order valence-electron chi connectivity index (χ3n) is 3.09. The molecular formula is C14H18ClN3O2. The molecule has 108 valence electrons. The lowest BCUT2D eigenvalue weighted by molar-refractivity contribution is 0.182. The zero-order chi connectivity index (χ0) is 14.5. The van der Waals surface area contributed by atoms with Gasteiger partial charge in [-0.15, -0.1) is 0 Å². The SMILES string of the molecule is COCCn1ncc(Cl)c1C(N)c1cccc(OC)c1. The molecule has 1 heterocycles. The minimum atomic E-state index is -0.364. The highest BCUT2D eigenvalue weighted by Crippen LogP contribution is 2.28. The van der Waals surface area contributed by atoms with Crippen molar-refractivity contribution in [2.24, 2.45) is 5.73 Å². The summed E-state index contributed by atoms with van der Waals surface area (Å²) in [5.74, 6) is 0.761. The van der Waals surface area contributed by atoms with E-state index in [0.717, 1.165) is 17.0 Å². The second-order valence-electron chi connectivity index (χ2n) is 4.35. The van der Waals surface area contributed by atoms with Crippen molar-refractivity contribution in [3.8, 4) is 5.75 Å². The second kappa shape index (κ2) is 6.74. The minimum Gasteiger partial charge on any atom is -0.497 e. The zero-order valence-electron chi connectivity index (χ0n) is 11.5. The molecule has 0 aliphatic heterocycles. The molecular weight excluding hydrogens is 278 g/mol. The number of ether oxygens (including phenoxy) is 2. The molecule has 1 atom stereocenters. The molecule has 1 aromatic carbocycles. The Balaban J connectivity index is 2.31. The summed E-state index contributed by atoms with van der Waals surface area (Å²) in [6.45, 7) is 1.16. The highest BCUT2D eigenvalue weighted by molar-refractivity contribution is 6.31. The molecule has 0 radical (unpaired) electrons. The first-order chi connectivity index (χ1) is 9.67. The van der Waals surface area contributed by atoms with Crippen molar-refractivity contribution >= 4 is 11.6 Å². The van der Waals surface area contributed by atoms with E-state index in [2.05, 4.69) is 5.10 Å². The summed E-state index contributed by atoms with van der Waals surface area (Å²) in [4.78, 5) is 0. The second-order valence-corrected chi connectivity index (χ2v) is 4.76. The highest BCUT2D eigenvalue weighted by Gasteiger charge is 2.19. The van der Waals surface area contributed by atoms with E-state index < -0.39 is 0 Å². The van der Waals surface area contributed by atoms with Crippen LogP contribution >= 0.6 is 11.6 Å². The Labute approximate surface area is 123 Å². The first kappa shape index (κ1) is 14.8. The van der Waals surface area contributed by atoms with Gasteiger partial charge >= 0.3 is 0 Å². The van der Waals surface area contributed by atoms with Crippen LogP contribution in [0.4, 0.5) is 0 Å². The smallest absolute Gasteiger partial charge is 0.119 e.